The van der Waals surface area contributed by atoms with Crippen molar-refractivity contribution in [2.75, 3.05) is 6.66 Å². The third-order valence-corrected chi connectivity index (χ3v) is 4.29. The summed E-state index contributed by atoms with van der Waals surface area (Å²) in [5.74, 6) is 0.564. The van der Waals surface area contributed by atoms with Crippen LogP contribution in [-0.2, 0) is 9.53 Å². The molecule has 2 aromatic carbocycles. The van der Waals surface area contributed by atoms with Gasteiger partial charge in [-0.2, -0.15) is 0 Å². The average Bonchev–Trinajstić information content (AvgIpc) is 2.46. The van der Waals surface area contributed by atoms with Crippen LogP contribution in [0.25, 0.3) is 10.8 Å². The van der Waals surface area contributed by atoms with Gasteiger partial charge in [-0.15, -0.1) is 0 Å². The van der Waals surface area contributed by atoms with E-state index in [1.54, 1.807) is 6.92 Å². The molecule has 2 atom stereocenters. The Labute approximate surface area is 132 Å². The summed E-state index contributed by atoms with van der Waals surface area (Å²) >= 11 is 0. The second-order valence-corrected chi connectivity index (χ2v) is 6.84. The first-order valence-electron chi connectivity index (χ1n) is 7.33. The molecule has 0 aliphatic heterocycles. The van der Waals surface area contributed by atoms with Gasteiger partial charge in [-0.3, -0.25) is 9.88 Å². The summed E-state index contributed by atoms with van der Waals surface area (Å²) in [6.07, 6.45) is -0.112. The van der Waals surface area contributed by atoms with E-state index in [9.17, 15) is 4.79 Å². The molecular formula is C17H22NO3P. The first kappa shape index (κ1) is 16.7. The summed E-state index contributed by atoms with van der Waals surface area (Å²) < 4.78 is 11.2. The van der Waals surface area contributed by atoms with Crippen LogP contribution in [0.3, 0.4) is 0 Å². The molecule has 4 nitrogen and oxygen atoms in total. The lowest BCUT2D eigenvalue weighted by Gasteiger charge is -2.21. The molecule has 5 heteroatoms. The molecule has 2 aromatic rings. The van der Waals surface area contributed by atoms with Crippen molar-refractivity contribution in [3.8, 4) is 5.75 Å². The van der Waals surface area contributed by atoms with E-state index in [0.29, 0.717) is 0 Å². The SMILES string of the molecule is CC(C)OC(=O)[C@H](C)NP(C)Oc1cccc2ccccc12. The minimum Gasteiger partial charge on any atom is -0.462 e. The van der Waals surface area contributed by atoms with E-state index < -0.39 is 14.3 Å². The molecule has 1 N–H and O–H groups in total. The highest BCUT2D eigenvalue weighted by Gasteiger charge is 2.19. The Morgan fingerprint density at radius 1 is 1.09 bits per heavy atom. The number of carbonyl (C=O) groups is 1. The second-order valence-electron chi connectivity index (χ2n) is 5.40. The molecule has 0 aliphatic rings. The van der Waals surface area contributed by atoms with E-state index in [-0.39, 0.29) is 12.1 Å². The van der Waals surface area contributed by atoms with Crippen LogP contribution in [-0.4, -0.2) is 24.8 Å². The lowest BCUT2D eigenvalue weighted by molar-refractivity contribution is -0.148. The third-order valence-electron chi connectivity index (χ3n) is 3.07. The number of carbonyl (C=O) groups excluding carboxylic acids is 1. The minimum absolute atomic E-state index is 0.112. The zero-order valence-corrected chi connectivity index (χ0v) is 14.3. The van der Waals surface area contributed by atoms with Crippen LogP contribution in [0.2, 0.25) is 0 Å². The number of rotatable bonds is 6. The largest absolute Gasteiger partial charge is 0.462 e. The van der Waals surface area contributed by atoms with Crippen molar-refractivity contribution in [2.45, 2.75) is 32.9 Å². The van der Waals surface area contributed by atoms with E-state index in [1.165, 1.54) is 0 Å². The van der Waals surface area contributed by atoms with Crippen molar-refractivity contribution in [3.05, 3.63) is 42.5 Å². The summed E-state index contributed by atoms with van der Waals surface area (Å²) in [5, 5.41) is 5.37. The molecule has 0 fully saturated rings. The van der Waals surface area contributed by atoms with Gasteiger partial charge in [0.15, 0.2) is 8.30 Å². The van der Waals surface area contributed by atoms with Gasteiger partial charge in [-0.1, -0.05) is 36.4 Å². The molecule has 22 heavy (non-hydrogen) atoms. The smallest absolute Gasteiger partial charge is 0.323 e. The fourth-order valence-corrected chi connectivity index (χ4v) is 3.27. The van der Waals surface area contributed by atoms with Crippen molar-refractivity contribution in [1.82, 2.24) is 5.09 Å². The highest BCUT2D eigenvalue weighted by Crippen LogP contribution is 2.35. The number of hydrogen-bond donors (Lipinski definition) is 1. The second kappa shape index (κ2) is 7.57. The highest BCUT2D eigenvalue weighted by molar-refractivity contribution is 7.50. The van der Waals surface area contributed by atoms with Crippen LogP contribution in [0, 0.1) is 0 Å². The van der Waals surface area contributed by atoms with Crippen LogP contribution in [0.1, 0.15) is 20.8 Å². The Balaban J connectivity index is 2.02. The molecule has 0 saturated carbocycles. The van der Waals surface area contributed by atoms with E-state index in [4.69, 9.17) is 9.26 Å². The Hall–Kier alpha value is -1.64. The van der Waals surface area contributed by atoms with Gasteiger partial charge in [0.05, 0.1) is 6.10 Å². The summed E-state index contributed by atoms with van der Waals surface area (Å²) in [4.78, 5) is 11.8. The van der Waals surface area contributed by atoms with Crippen molar-refractivity contribution < 1.29 is 14.1 Å². The Morgan fingerprint density at radius 3 is 2.50 bits per heavy atom. The first-order chi connectivity index (χ1) is 10.5. The van der Waals surface area contributed by atoms with Gasteiger partial charge >= 0.3 is 5.97 Å². The molecule has 118 valence electrons. The van der Waals surface area contributed by atoms with Gasteiger partial charge in [0.1, 0.15) is 11.8 Å². The maximum absolute atomic E-state index is 11.8. The minimum atomic E-state index is -0.978. The molecule has 1 unspecified atom stereocenters. The zero-order valence-electron chi connectivity index (χ0n) is 13.4. The monoisotopic (exact) mass is 319 g/mol. The molecule has 0 saturated heterocycles. The predicted octanol–water partition coefficient (Wildman–Crippen LogP) is 4.09. The van der Waals surface area contributed by atoms with Gasteiger partial charge in [0, 0.05) is 12.1 Å². The molecular weight excluding hydrogens is 297 g/mol. The van der Waals surface area contributed by atoms with E-state index >= 15 is 0 Å². The highest BCUT2D eigenvalue weighted by atomic mass is 31.2. The maximum Gasteiger partial charge on any atom is 0.323 e. The number of fused-ring (bicyclic) bond motifs is 1. The Bertz CT molecular complexity index is 639. The van der Waals surface area contributed by atoms with Gasteiger partial charge in [0.2, 0.25) is 0 Å². The first-order valence-corrected chi connectivity index (χ1v) is 9.04. The quantitative estimate of drug-likeness (QED) is 0.643. The van der Waals surface area contributed by atoms with Crippen LogP contribution >= 0.6 is 8.30 Å². The summed E-state index contributed by atoms with van der Waals surface area (Å²) in [6.45, 7) is 7.41. The molecule has 0 radical (unpaired) electrons. The van der Waals surface area contributed by atoms with Gasteiger partial charge in [0.25, 0.3) is 0 Å². The van der Waals surface area contributed by atoms with Crippen LogP contribution in [0.15, 0.2) is 42.5 Å². The zero-order chi connectivity index (χ0) is 16.1. The molecule has 0 spiro atoms. The van der Waals surface area contributed by atoms with E-state index in [0.717, 1.165) is 16.5 Å². The van der Waals surface area contributed by atoms with Crippen LogP contribution < -0.4 is 9.61 Å². The maximum atomic E-state index is 11.8. The molecule has 0 bridgehead atoms. The van der Waals surface area contributed by atoms with Crippen molar-refractivity contribution in [2.24, 2.45) is 0 Å². The van der Waals surface area contributed by atoms with Crippen molar-refractivity contribution in [3.63, 3.8) is 0 Å². The number of ether oxygens (including phenoxy) is 1. The van der Waals surface area contributed by atoms with Gasteiger partial charge in [-0.05, 0) is 32.2 Å². The fraction of sp³-hybridized carbons (Fsp3) is 0.353. The van der Waals surface area contributed by atoms with Crippen molar-refractivity contribution >= 4 is 25.0 Å². The Morgan fingerprint density at radius 2 is 1.77 bits per heavy atom. The standard InChI is InChI=1S/C17H22NO3P/c1-12(2)20-17(19)13(3)18-22(4)21-16-11-7-9-14-8-5-6-10-15(14)16/h5-13,18H,1-4H3/t13-,22?/m0/s1. The topological polar surface area (TPSA) is 47.6 Å². The van der Waals surface area contributed by atoms with Gasteiger partial charge in [-0.25, -0.2) is 0 Å². The van der Waals surface area contributed by atoms with Crippen LogP contribution in [0.4, 0.5) is 0 Å². The van der Waals surface area contributed by atoms with Crippen molar-refractivity contribution in [1.29, 1.82) is 0 Å². The predicted molar refractivity (Wildman–Crippen MR) is 91.2 cm³/mol. The normalized spacial score (nSPS) is 13.9. The fourth-order valence-electron chi connectivity index (χ4n) is 2.11. The van der Waals surface area contributed by atoms with E-state index in [1.807, 2.05) is 50.8 Å². The number of nitrogens with one attached hydrogen (secondary N) is 1. The molecule has 0 heterocycles. The van der Waals surface area contributed by atoms with Gasteiger partial charge < -0.3 is 9.26 Å². The lowest BCUT2D eigenvalue weighted by atomic mass is 10.1. The Kier molecular flexibility index (Phi) is 5.76. The van der Waals surface area contributed by atoms with Crippen LogP contribution in [0.5, 0.6) is 5.75 Å². The van der Waals surface area contributed by atoms with E-state index in [2.05, 4.69) is 17.2 Å². The molecule has 0 amide bonds. The summed E-state index contributed by atoms with van der Waals surface area (Å²) in [7, 11) is -0.978. The summed E-state index contributed by atoms with van der Waals surface area (Å²) in [5.41, 5.74) is 0. The number of benzene rings is 2. The lowest BCUT2D eigenvalue weighted by Crippen LogP contribution is -2.34. The molecule has 2 rings (SSSR count). The number of hydrogen-bond acceptors (Lipinski definition) is 4. The molecule has 0 aromatic heterocycles. The average molecular weight is 319 g/mol. The number of esters is 1. The summed E-state index contributed by atoms with van der Waals surface area (Å²) in [6, 6.07) is 13.6. The third kappa shape index (κ3) is 4.43. The molecule has 0 aliphatic carbocycles.